The summed E-state index contributed by atoms with van der Waals surface area (Å²) in [6.45, 7) is 4.13. The Morgan fingerprint density at radius 1 is 0.882 bits per heavy atom. The van der Waals surface area contributed by atoms with Crippen molar-refractivity contribution in [2.45, 2.75) is 57.0 Å². The van der Waals surface area contributed by atoms with E-state index in [1.165, 1.54) is 38.9 Å². The summed E-state index contributed by atoms with van der Waals surface area (Å²) in [5.41, 5.74) is 0. The zero-order valence-electron chi connectivity index (χ0n) is 10.9. The topological polar surface area (TPSA) is 15.3 Å². The lowest BCUT2D eigenvalue weighted by molar-refractivity contribution is 0.235. The van der Waals surface area contributed by atoms with Crippen LogP contribution in [0.15, 0.2) is 0 Å². The average Bonchev–Trinajstić information content (AvgIpc) is 3.17. The van der Waals surface area contributed by atoms with E-state index in [1.807, 2.05) is 0 Å². The largest absolute Gasteiger partial charge is 0.310 e. The first-order chi connectivity index (χ1) is 8.38. The van der Waals surface area contributed by atoms with E-state index in [0.717, 1.165) is 29.8 Å². The van der Waals surface area contributed by atoms with Crippen LogP contribution >= 0.6 is 0 Å². The number of hydrogen-bond donors (Lipinski definition) is 1. The van der Waals surface area contributed by atoms with Crippen LogP contribution in [0, 0.1) is 17.8 Å². The lowest BCUT2D eigenvalue weighted by Gasteiger charge is -2.23. The summed E-state index contributed by atoms with van der Waals surface area (Å²) in [5, 5.41) is 3.80. The minimum Gasteiger partial charge on any atom is -0.310 e. The highest BCUT2D eigenvalue weighted by Crippen LogP contribution is 2.49. The second-order valence-corrected chi connectivity index (χ2v) is 7.02. The first kappa shape index (κ1) is 10.8. The third kappa shape index (κ3) is 2.68. The minimum atomic E-state index is 0.821. The molecule has 3 saturated carbocycles. The normalized spacial score (nSPS) is 34.8. The Labute approximate surface area is 105 Å². The molecule has 0 aromatic heterocycles. The zero-order chi connectivity index (χ0) is 11.2. The molecule has 0 aromatic carbocycles. The van der Waals surface area contributed by atoms with Gasteiger partial charge in [-0.15, -0.1) is 0 Å². The Hall–Kier alpha value is -0.0800. The summed E-state index contributed by atoms with van der Waals surface area (Å²) < 4.78 is 0. The van der Waals surface area contributed by atoms with Gasteiger partial charge >= 0.3 is 0 Å². The lowest BCUT2D eigenvalue weighted by Crippen LogP contribution is -2.36. The molecule has 3 aliphatic carbocycles. The third-order valence-corrected chi connectivity index (χ3v) is 5.25. The smallest absolute Gasteiger partial charge is 0.0209 e. The molecule has 1 saturated heterocycles. The SMILES string of the molecule is C1CC1NC1CCN(CC(C2CC2)C2CC2)C1. The van der Waals surface area contributed by atoms with Crippen LogP contribution in [0.1, 0.15) is 44.9 Å². The molecule has 1 N–H and O–H groups in total. The van der Waals surface area contributed by atoms with E-state index >= 15 is 0 Å². The van der Waals surface area contributed by atoms with Crippen molar-refractivity contribution < 1.29 is 0 Å². The molecule has 1 aliphatic heterocycles. The molecule has 0 aromatic rings. The molecule has 0 radical (unpaired) electrons. The zero-order valence-corrected chi connectivity index (χ0v) is 10.9. The van der Waals surface area contributed by atoms with Crippen LogP contribution in [-0.4, -0.2) is 36.6 Å². The van der Waals surface area contributed by atoms with Crippen LogP contribution in [0.4, 0.5) is 0 Å². The molecule has 0 bridgehead atoms. The van der Waals surface area contributed by atoms with E-state index in [1.54, 1.807) is 25.7 Å². The molecule has 96 valence electrons. The number of rotatable bonds is 6. The molecule has 2 heteroatoms. The van der Waals surface area contributed by atoms with Crippen molar-refractivity contribution in [3.05, 3.63) is 0 Å². The first-order valence-corrected chi connectivity index (χ1v) is 7.87. The molecule has 0 spiro atoms. The van der Waals surface area contributed by atoms with Crippen molar-refractivity contribution in [1.29, 1.82) is 0 Å². The van der Waals surface area contributed by atoms with Gasteiger partial charge in [-0.1, -0.05) is 0 Å². The van der Waals surface area contributed by atoms with Crippen LogP contribution in [0.3, 0.4) is 0 Å². The predicted octanol–water partition coefficient (Wildman–Crippen LogP) is 2.25. The van der Waals surface area contributed by atoms with Gasteiger partial charge < -0.3 is 10.2 Å². The van der Waals surface area contributed by atoms with Gasteiger partial charge in [0.25, 0.3) is 0 Å². The van der Waals surface area contributed by atoms with Crippen molar-refractivity contribution in [2.75, 3.05) is 19.6 Å². The quantitative estimate of drug-likeness (QED) is 0.758. The van der Waals surface area contributed by atoms with E-state index in [0.29, 0.717) is 0 Å². The van der Waals surface area contributed by atoms with E-state index < -0.39 is 0 Å². The monoisotopic (exact) mass is 234 g/mol. The lowest BCUT2D eigenvalue weighted by atomic mass is 9.97. The van der Waals surface area contributed by atoms with Crippen LogP contribution in [0.25, 0.3) is 0 Å². The third-order valence-electron chi connectivity index (χ3n) is 5.25. The average molecular weight is 234 g/mol. The fourth-order valence-corrected chi connectivity index (χ4v) is 3.75. The summed E-state index contributed by atoms with van der Waals surface area (Å²) in [6.07, 6.45) is 10.4. The van der Waals surface area contributed by atoms with Crippen LogP contribution in [0.2, 0.25) is 0 Å². The van der Waals surface area contributed by atoms with Crippen molar-refractivity contribution in [2.24, 2.45) is 17.8 Å². The van der Waals surface area contributed by atoms with Gasteiger partial charge in [0, 0.05) is 25.2 Å². The van der Waals surface area contributed by atoms with Crippen molar-refractivity contribution >= 4 is 0 Å². The Balaban J connectivity index is 1.27. The van der Waals surface area contributed by atoms with Crippen LogP contribution < -0.4 is 5.32 Å². The molecular formula is C15H26N2. The van der Waals surface area contributed by atoms with E-state index in [2.05, 4.69) is 10.2 Å². The molecule has 1 atom stereocenters. The van der Waals surface area contributed by atoms with Gasteiger partial charge in [-0.3, -0.25) is 0 Å². The van der Waals surface area contributed by atoms with Crippen LogP contribution in [0.5, 0.6) is 0 Å². The summed E-state index contributed by atoms with van der Waals surface area (Å²) in [6, 6.07) is 1.71. The molecule has 1 unspecified atom stereocenters. The summed E-state index contributed by atoms with van der Waals surface area (Å²) in [4.78, 5) is 2.77. The van der Waals surface area contributed by atoms with Gasteiger partial charge in [-0.2, -0.15) is 0 Å². The molecule has 17 heavy (non-hydrogen) atoms. The number of hydrogen-bond acceptors (Lipinski definition) is 2. The first-order valence-electron chi connectivity index (χ1n) is 7.87. The number of nitrogens with zero attached hydrogens (tertiary/aromatic N) is 1. The molecule has 2 nitrogen and oxygen atoms in total. The maximum absolute atomic E-state index is 3.80. The summed E-state index contributed by atoms with van der Waals surface area (Å²) in [5.74, 6) is 3.32. The molecule has 4 rings (SSSR count). The van der Waals surface area contributed by atoms with Crippen molar-refractivity contribution in [3.63, 3.8) is 0 Å². The highest BCUT2D eigenvalue weighted by molar-refractivity contribution is 4.95. The Morgan fingerprint density at radius 3 is 2.18 bits per heavy atom. The fraction of sp³-hybridized carbons (Fsp3) is 1.00. The van der Waals surface area contributed by atoms with E-state index in [4.69, 9.17) is 0 Å². The maximum Gasteiger partial charge on any atom is 0.0209 e. The standard InChI is InChI=1S/C15H26N2/c1-2-11(1)15(12-3-4-12)10-17-8-7-14(9-17)16-13-5-6-13/h11-16H,1-10H2. The van der Waals surface area contributed by atoms with Gasteiger partial charge in [-0.25, -0.2) is 0 Å². The van der Waals surface area contributed by atoms with Crippen LogP contribution in [-0.2, 0) is 0 Å². The molecule has 0 amide bonds. The second-order valence-electron chi connectivity index (χ2n) is 7.02. The predicted molar refractivity (Wildman–Crippen MR) is 69.9 cm³/mol. The van der Waals surface area contributed by atoms with E-state index in [9.17, 15) is 0 Å². The summed E-state index contributed by atoms with van der Waals surface area (Å²) in [7, 11) is 0. The fourth-order valence-electron chi connectivity index (χ4n) is 3.75. The molecule has 4 fully saturated rings. The Kier molecular flexibility index (Phi) is 2.69. The van der Waals surface area contributed by atoms with Gasteiger partial charge in [0.05, 0.1) is 0 Å². The molecule has 1 heterocycles. The van der Waals surface area contributed by atoms with Crippen molar-refractivity contribution in [1.82, 2.24) is 10.2 Å². The highest BCUT2D eigenvalue weighted by atomic mass is 15.2. The molecule has 4 aliphatic rings. The maximum atomic E-state index is 3.80. The highest BCUT2D eigenvalue weighted by Gasteiger charge is 2.42. The summed E-state index contributed by atoms with van der Waals surface area (Å²) >= 11 is 0. The Bertz CT molecular complexity index is 267. The second kappa shape index (κ2) is 4.24. The Morgan fingerprint density at radius 2 is 1.59 bits per heavy atom. The van der Waals surface area contributed by atoms with Gasteiger partial charge in [-0.05, 0) is 69.2 Å². The number of likely N-dealkylation sites (tertiary alicyclic amines) is 1. The number of nitrogens with one attached hydrogen (secondary N) is 1. The van der Waals surface area contributed by atoms with Gasteiger partial charge in [0.1, 0.15) is 0 Å². The molecular weight excluding hydrogens is 208 g/mol. The van der Waals surface area contributed by atoms with Crippen molar-refractivity contribution in [3.8, 4) is 0 Å². The minimum absolute atomic E-state index is 0.821. The van der Waals surface area contributed by atoms with Gasteiger partial charge in [0.2, 0.25) is 0 Å². The van der Waals surface area contributed by atoms with E-state index in [-0.39, 0.29) is 0 Å². The van der Waals surface area contributed by atoms with Gasteiger partial charge in [0.15, 0.2) is 0 Å².